The van der Waals surface area contributed by atoms with Gasteiger partial charge in [-0.15, -0.1) is 0 Å². The molecule has 0 nitrogen and oxygen atoms in total. The van der Waals surface area contributed by atoms with Crippen molar-refractivity contribution in [1.29, 1.82) is 0 Å². The normalized spacial score (nSPS) is 0. The van der Waals surface area contributed by atoms with Crippen molar-refractivity contribution in [1.82, 2.24) is 0 Å². The van der Waals surface area contributed by atoms with Gasteiger partial charge in [0.25, 0.3) is 0 Å². The molecule has 0 aliphatic carbocycles. The van der Waals surface area contributed by atoms with E-state index in [-0.39, 0.29) is 162 Å². The molecule has 0 bridgehead atoms. The molecule has 0 amide bonds. The molecule has 0 unspecified atom stereocenters. The van der Waals surface area contributed by atoms with Gasteiger partial charge in [-0.1, -0.05) is 0 Å². The molecule has 0 aromatic carbocycles. The van der Waals surface area contributed by atoms with E-state index in [1.807, 2.05) is 0 Å². The number of hydrogen-bond acceptors (Lipinski definition) is 0. The van der Waals surface area contributed by atoms with Gasteiger partial charge in [0, 0.05) is 162 Å². The first-order valence-corrected chi connectivity index (χ1v) is 0. The third-order valence-corrected chi connectivity index (χ3v) is 0. The molecule has 0 fully saturated rings. The van der Waals surface area contributed by atoms with E-state index in [0.29, 0.717) is 0 Å². The minimum atomic E-state index is 0. The number of hydrogen-bond donors (Lipinski definition) is 0. The maximum atomic E-state index is 0. The van der Waals surface area contributed by atoms with Gasteiger partial charge in [-0.3, -0.25) is 0 Å². The Balaban J connectivity index is 0. The van der Waals surface area contributed by atoms with Crippen LogP contribution in [0.2, 0.25) is 0 Å². The summed E-state index contributed by atoms with van der Waals surface area (Å²) in [5, 5.41) is 0. The second kappa shape index (κ2) is 42.7. The molecule has 0 rings (SSSR count). The summed E-state index contributed by atoms with van der Waals surface area (Å²) >= 11 is 0. The Morgan fingerprint density at radius 3 is 1.00 bits per heavy atom. The first-order valence-electron chi connectivity index (χ1n) is 0. The van der Waals surface area contributed by atoms with Crippen LogP contribution < -0.4 is 0 Å². The Labute approximate surface area is 157 Å². The van der Waals surface area contributed by atoms with E-state index in [1.54, 1.807) is 0 Å². The molecule has 7 heteroatoms. The summed E-state index contributed by atoms with van der Waals surface area (Å²) in [4.78, 5) is 0. The average Bonchev–Trinajstić information content (AvgIpc) is 0. The third kappa shape index (κ3) is 34.8. The molecule has 7 heavy (non-hydrogen) atoms. The molecule has 0 saturated carbocycles. The summed E-state index contributed by atoms with van der Waals surface area (Å²) in [7, 11) is 0. The van der Waals surface area contributed by atoms with E-state index in [9.17, 15) is 0 Å². The van der Waals surface area contributed by atoms with Crippen LogP contribution in [0.25, 0.3) is 0 Å². The summed E-state index contributed by atoms with van der Waals surface area (Å²) in [6.45, 7) is 0. The van der Waals surface area contributed by atoms with Crippen molar-refractivity contribution >= 4 is 0 Å². The van der Waals surface area contributed by atoms with E-state index >= 15 is 0 Å². The zero-order chi connectivity index (χ0) is 0. The molecule has 0 N–H and O–H groups in total. The first-order chi connectivity index (χ1) is 0. The molecule has 0 aromatic heterocycles. The Morgan fingerprint density at radius 2 is 1.00 bits per heavy atom. The van der Waals surface area contributed by atoms with E-state index in [1.165, 1.54) is 0 Å². The van der Waals surface area contributed by atoms with Gasteiger partial charge in [0.2, 0.25) is 0 Å². The quantitative estimate of drug-likeness (QED) is 0.304. The maximum Gasteiger partial charge on any atom is 0 e. The third-order valence-electron chi connectivity index (χ3n) is 0. The first kappa shape index (κ1) is 55.9. The van der Waals surface area contributed by atoms with Gasteiger partial charge in [-0.05, 0) is 0 Å². The molecule has 0 spiro atoms. The molecule has 0 aromatic rings. The average molecular weight is 792 g/mol. The molecular formula is CrLaMoNbTaTiW. The fraction of sp³-hybridized carbons (Fsp3) is 0. The fourth-order valence-electron chi connectivity index (χ4n) is 0. The van der Waals surface area contributed by atoms with Crippen molar-refractivity contribution in [3.8, 4) is 0 Å². The summed E-state index contributed by atoms with van der Waals surface area (Å²) < 4.78 is 0. The van der Waals surface area contributed by atoms with Crippen LogP contribution >= 0.6 is 0 Å². The van der Waals surface area contributed by atoms with Gasteiger partial charge in [0.1, 0.15) is 0 Å². The second-order valence-corrected chi connectivity index (χ2v) is 0. The molecule has 0 atom stereocenters. The topological polar surface area (TPSA) is 0 Å². The van der Waals surface area contributed by atoms with Crippen LogP contribution in [0.5, 0.6) is 0 Å². The van der Waals surface area contributed by atoms with Crippen LogP contribution in [-0.2, 0) is 126 Å². The minimum Gasteiger partial charge on any atom is 0 e. The molecule has 0 heterocycles. The van der Waals surface area contributed by atoms with Crippen LogP contribution in [-0.4, -0.2) is 0 Å². The minimum absolute atomic E-state index is 0. The molecule has 35 valence electrons. The Morgan fingerprint density at radius 1 is 1.00 bits per heavy atom. The van der Waals surface area contributed by atoms with Gasteiger partial charge < -0.3 is 0 Å². The van der Waals surface area contributed by atoms with Crippen LogP contribution in [0, 0.1) is 35.6 Å². The standard InChI is InChI=1S/Cr.La.Mo.Nb.Ta.Ti.W. The molecule has 0 saturated heterocycles. The molecular weight excluding hydrogens is 792 g/mol. The Kier molecular flexibility index (Phi) is 341. The predicted molar refractivity (Wildman–Crippen MR) is 0 cm³/mol. The predicted octanol–water partition coefficient (Wildman–Crippen LogP) is -0.0150. The van der Waals surface area contributed by atoms with Crippen LogP contribution in [0.1, 0.15) is 0 Å². The molecule has 0 aliphatic heterocycles. The van der Waals surface area contributed by atoms with Crippen molar-refractivity contribution in [2.75, 3.05) is 0 Å². The Hall–Kier alpha value is 5.30. The van der Waals surface area contributed by atoms with E-state index in [4.69, 9.17) is 0 Å². The largest absolute Gasteiger partial charge is 0 e. The number of rotatable bonds is 0. The zero-order valence-corrected chi connectivity index (χ0v) is 20.0. The molecule has 0 aliphatic rings. The van der Waals surface area contributed by atoms with Gasteiger partial charge in [-0.25, -0.2) is 0 Å². The Bertz CT molecular complexity index is 19.7. The van der Waals surface area contributed by atoms with Gasteiger partial charge in [-0.2, -0.15) is 0 Å². The second-order valence-electron chi connectivity index (χ2n) is 0. The van der Waals surface area contributed by atoms with E-state index in [0.717, 1.165) is 0 Å². The van der Waals surface area contributed by atoms with Crippen molar-refractivity contribution in [2.24, 2.45) is 0 Å². The van der Waals surface area contributed by atoms with Crippen LogP contribution in [0.4, 0.5) is 0 Å². The summed E-state index contributed by atoms with van der Waals surface area (Å²) in [6.07, 6.45) is 0. The summed E-state index contributed by atoms with van der Waals surface area (Å²) in [5.41, 5.74) is 0. The van der Waals surface area contributed by atoms with Crippen LogP contribution in [0.15, 0.2) is 0 Å². The summed E-state index contributed by atoms with van der Waals surface area (Å²) in [6, 6.07) is 0. The monoisotopic (exact) mass is 795 g/mol. The maximum absolute atomic E-state index is 0. The fourth-order valence-corrected chi connectivity index (χ4v) is 0. The molecule has 3 radical (unpaired) electrons. The van der Waals surface area contributed by atoms with Gasteiger partial charge in [0.05, 0.1) is 0 Å². The van der Waals surface area contributed by atoms with Crippen molar-refractivity contribution in [3.63, 3.8) is 0 Å². The SMILES string of the molecule is [Cr].[La].[Mo].[Nb].[Ta].[Ti].[W]. The van der Waals surface area contributed by atoms with Gasteiger partial charge >= 0.3 is 0 Å². The van der Waals surface area contributed by atoms with E-state index < -0.39 is 0 Å². The van der Waals surface area contributed by atoms with Crippen LogP contribution in [0.3, 0.4) is 0 Å². The smallest absolute Gasteiger partial charge is 0 e. The van der Waals surface area contributed by atoms with Crippen molar-refractivity contribution in [2.45, 2.75) is 0 Å². The van der Waals surface area contributed by atoms with E-state index in [2.05, 4.69) is 0 Å². The van der Waals surface area contributed by atoms with Crippen molar-refractivity contribution < 1.29 is 162 Å². The van der Waals surface area contributed by atoms with Gasteiger partial charge in [0.15, 0.2) is 0 Å². The van der Waals surface area contributed by atoms with Crippen molar-refractivity contribution in [3.05, 3.63) is 0 Å². The zero-order valence-electron chi connectivity index (χ0n) is 3.20. The summed E-state index contributed by atoms with van der Waals surface area (Å²) in [5.74, 6) is 0.